The van der Waals surface area contributed by atoms with E-state index in [9.17, 15) is 0 Å². The number of nitrogens with one attached hydrogen (secondary N) is 1. The van der Waals surface area contributed by atoms with E-state index in [1.807, 2.05) is 54.2 Å². The highest BCUT2D eigenvalue weighted by Gasteiger charge is 2.01. The Bertz CT molecular complexity index is 506. The van der Waals surface area contributed by atoms with E-state index in [2.05, 4.69) is 11.4 Å². The van der Waals surface area contributed by atoms with Gasteiger partial charge in [0.05, 0.1) is 0 Å². The van der Waals surface area contributed by atoms with E-state index in [-0.39, 0.29) is 0 Å². The largest absolute Gasteiger partial charge is 0.381 e. The third-order valence-electron chi connectivity index (χ3n) is 2.45. The van der Waals surface area contributed by atoms with Gasteiger partial charge in [0, 0.05) is 25.5 Å². The van der Waals surface area contributed by atoms with E-state index in [4.69, 9.17) is 5.26 Å². The maximum Gasteiger partial charge on any atom is 0.120 e. The van der Waals surface area contributed by atoms with Crippen LogP contribution in [0.2, 0.25) is 0 Å². The molecule has 16 heavy (non-hydrogen) atoms. The number of nitriles is 1. The van der Waals surface area contributed by atoms with Crippen LogP contribution in [0.4, 0.5) is 5.69 Å². The molecule has 2 rings (SSSR count). The molecule has 0 aliphatic carbocycles. The Kier molecular flexibility index (Phi) is 2.93. The van der Waals surface area contributed by atoms with Crippen molar-refractivity contribution in [2.45, 2.75) is 6.54 Å². The van der Waals surface area contributed by atoms with E-state index in [0.29, 0.717) is 5.69 Å². The fourth-order valence-electron chi connectivity index (χ4n) is 1.60. The normalized spacial score (nSPS) is 9.75. The lowest BCUT2D eigenvalue weighted by atomic mass is 10.3. The predicted molar refractivity (Wildman–Crippen MR) is 63.9 cm³/mol. The number of hydrogen-bond acceptors (Lipinski definition) is 2. The summed E-state index contributed by atoms with van der Waals surface area (Å²) in [5.41, 5.74) is 2.89. The Labute approximate surface area is 94.9 Å². The summed E-state index contributed by atoms with van der Waals surface area (Å²) < 4.78 is 1.84. The number of anilines is 1. The number of para-hydroxylation sites is 1. The van der Waals surface area contributed by atoms with Crippen molar-refractivity contribution < 1.29 is 0 Å². The summed E-state index contributed by atoms with van der Waals surface area (Å²) in [6.45, 7) is 0.736. The molecule has 0 aliphatic rings. The molecule has 80 valence electrons. The van der Waals surface area contributed by atoms with Crippen LogP contribution in [0.25, 0.3) is 0 Å². The highest BCUT2D eigenvalue weighted by molar-refractivity contribution is 5.43. The molecule has 0 spiro atoms. The maximum atomic E-state index is 8.83. The zero-order valence-electron chi connectivity index (χ0n) is 9.14. The number of aromatic nitrogens is 1. The van der Waals surface area contributed by atoms with E-state index < -0.39 is 0 Å². The standard InChI is InChI=1S/C13H13N3/c1-16-10-11(7-13(16)8-14)9-15-12-5-3-2-4-6-12/h2-7,10,15H,9H2,1H3. The Morgan fingerprint density at radius 2 is 2.06 bits per heavy atom. The molecule has 0 unspecified atom stereocenters. The van der Waals surface area contributed by atoms with Gasteiger partial charge in [-0.25, -0.2) is 0 Å². The van der Waals surface area contributed by atoms with Gasteiger partial charge in [-0.15, -0.1) is 0 Å². The van der Waals surface area contributed by atoms with Crippen LogP contribution in [0.1, 0.15) is 11.3 Å². The third-order valence-corrected chi connectivity index (χ3v) is 2.45. The number of benzene rings is 1. The predicted octanol–water partition coefficient (Wildman–Crippen LogP) is 2.51. The molecule has 1 aromatic carbocycles. The zero-order chi connectivity index (χ0) is 11.4. The molecule has 3 nitrogen and oxygen atoms in total. The second-order valence-corrected chi connectivity index (χ2v) is 3.68. The lowest BCUT2D eigenvalue weighted by Gasteiger charge is -2.03. The lowest BCUT2D eigenvalue weighted by molar-refractivity contribution is 0.902. The van der Waals surface area contributed by atoms with E-state index in [1.165, 1.54) is 0 Å². The number of aryl methyl sites for hydroxylation is 1. The number of nitrogens with zero attached hydrogens (tertiary/aromatic N) is 2. The minimum Gasteiger partial charge on any atom is -0.381 e. The molecule has 1 heterocycles. The van der Waals surface area contributed by atoms with Gasteiger partial charge in [-0.2, -0.15) is 5.26 Å². The summed E-state index contributed by atoms with van der Waals surface area (Å²) in [6, 6.07) is 14.1. The first kappa shape index (κ1) is 10.3. The maximum absolute atomic E-state index is 8.83. The van der Waals surface area contributed by atoms with Gasteiger partial charge in [0.25, 0.3) is 0 Å². The highest BCUT2D eigenvalue weighted by Crippen LogP contribution is 2.10. The lowest BCUT2D eigenvalue weighted by Crippen LogP contribution is -1.97. The average molecular weight is 211 g/mol. The third kappa shape index (κ3) is 2.23. The topological polar surface area (TPSA) is 40.8 Å². The van der Waals surface area contributed by atoms with Crippen molar-refractivity contribution in [2.24, 2.45) is 7.05 Å². The van der Waals surface area contributed by atoms with Crippen molar-refractivity contribution in [3.8, 4) is 6.07 Å². The van der Waals surface area contributed by atoms with Crippen LogP contribution in [0, 0.1) is 11.3 Å². The van der Waals surface area contributed by atoms with Crippen LogP contribution in [-0.2, 0) is 13.6 Å². The van der Waals surface area contributed by atoms with Crippen LogP contribution in [0.15, 0.2) is 42.6 Å². The summed E-state index contributed by atoms with van der Waals surface area (Å²) in [6.07, 6.45) is 1.97. The molecular formula is C13H13N3. The van der Waals surface area contributed by atoms with Gasteiger partial charge < -0.3 is 9.88 Å². The van der Waals surface area contributed by atoms with Crippen LogP contribution in [0.3, 0.4) is 0 Å². The smallest absolute Gasteiger partial charge is 0.120 e. The van der Waals surface area contributed by atoms with Gasteiger partial charge in [-0.3, -0.25) is 0 Å². The fourth-order valence-corrected chi connectivity index (χ4v) is 1.60. The Balaban J connectivity index is 2.03. The zero-order valence-corrected chi connectivity index (χ0v) is 9.14. The van der Waals surface area contributed by atoms with Gasteiger partial charge in [-0.1, -0.05) is 18.2 Å². The Morgan fingerprint density at radius 3 is 2.69 bits per heavy atom. The van der Waals surface area contributed by atoms with E-state index in [1.54, 1.807) is 0 Å². The minimum absolute atomic E-state index is 0.685. The molecule has 0 atom stereocenters. The van der Waals surface area contributed by atoms with Crippen LogP contribution < -0.4 is 5.32 Å². The van der Waals surface area contributed by atoms with Crippen molar-refractivity contribution >= 4 is 5.69 Å². The minimum atomic E-state index is 0.685. The molecular weight excluding hydrogens is 198 g/mol. The summed E-state index contributed by atoms with van der Waals surface area (Å²) in [7, 11) is 1.88. The monoisotopic (exact) mass is 211 g/mol. The summed E-state index contributed by atoms with van der Waals surface area (Å²) in [5, 5.41) is 12.1. The van der Waals surface area contributed by atoms with E-state index in [0.717, 1.165) is 17.8 Å². The van der Waals surface area contributed by atoms with Crippen molar-refractivity contribution in [3.05, 3.63) is 53.9 Å². The molecule has 0 saturated heterocycles. The van der Waals surface area contributed by atoms with Crippen LogP contribution >= 0.6 is 0 Å². The molecule has 0 aliphatic heterocycles. The van der Waals surface area contributed by atoms with Gasteiger partial charge in [0.2, 0.25) is 0 Å². The summed E-state index contributed by atoms with van der Waals surface area (Å²) in [4.78, 5) is 0. The highest BCUT2D eigenvalue weighted by atomic mass is 14.9. The first-order chi connectivity index (χ1) is 7.79. The first-order valence-electron chi connectivity index (χ1n) is 5.14. The van der Waals surface area contributed by atoms with Gasteiger partial charge >= 0.3 is 0 Å². The number of hydrogen-bond donors (Lipinski definition) is 1. The second kappa shape index (κ2) is 4.54. The van der Waals surface area contributed by atoms with Crippen molar-refractivity contribution in [2.75, 3.05) is 5.32 Å². The number of rotatable bonds is 3. The van der Waals surface area contributed by atoms with Gasteiger partial charge in [0.15, 0.2) is 0 Å². The first-order valence-corrected chi connectivity index (χ1v) is 5.14. The second-order valence-electron chi connectivity index (χ2n) is 3.68. The Morgan fingerprint density at radius 1 is 1.31 bits per heavy atom. The molecule has 3 heteroatoms. The molecule has 0 amide bonds. The molecule has 2 aromatic rings. The van der Waals surface area contributed by atoms with Gasteiger partial charge in [-0.05, 0) is 23.8 Å². The molecule has 1 aromatic heterocycles. The summed E-state index contributed by atoms with van der Waals surface area (Å²) >= 11 is 0. The molecule has 0 bridgehead atoms. The van der Waals surface area contributed by atoms with Crippen LogP contribution in [-0.4, -0.2) is 4.57 Å². The Hall–Kier alpha value is -2.21. The molecule has 0 radical (unpaired) electrons. The molecule has 0 fully saturated rings. The SMILES string of the molecule is Cn1cc(CNc2ccccc2)cc1C#N. The quantitative estimate of drug-likeness (QED) is 0.847. The fraction of sp³-hybridized carbons (Fsp3) is 0.154. The summed E-state index contributed by atoms with van der Waals surface area (Å²) in [5.74, 6) is 0. The van der Waals surface area contributed by atoms with Crippen LogP contribution in [0.5, 0.6) is 0 Å². The average Bonchev–Trinajstić information content (AvgIpc) is 2.69. The van der Waals surface area contributed by atoms with E-state index >= 15 is 0 Å². The molecule has 1 N–H and O–H groups in total. The molecule has 0 saturated carbocycles. The van der Waals surface area contributed by atoms with Gasteiger partial charge in [0.1, 0.15) is 11.8 Å². The van der Waals surface area contributed by atoms with Crippen molar-refractivity contribution in [1.29, 1.82) is 5.26 Å². The van der Waals surface area contributed by atoms with Crippen molar-refractivity contribution in [1.82, 2.24) is 4.57 Å². The van der Waals surface area contributed by atoms with Crippen molar-refractivity contribution in [3.63, 3.8) is 0 Å².